The maximum Gasteiger partial charge on any atom is 0.264 e. The van der Waals surface area contributed by atoms with Crippen LogP contribution in [0.25, 0.3) is 11.3 Å². The third-order valence-electron chi connectivity index (χ3n) is 4.12. The van der Waals surface area contributed by atoms with Crippen molar-refractivity contribution in [1.29, 1.82) is 0 Å². The highest BCUT2D eigenvalue weighted by Gasteiger charge is 2.22. The Morgan fingerprint density at radius 3 is 2.62 bits per heavy atom. The molecule has 0 fully saturated rings. The maximum absolute atomic E-state index is 13.0. The number of anilines is 3. The van der Waals surface area contributed by atoms with Crippen LogP contribution in [0.4, 0.5) is 21.6 Å². The predicted molar refractivity (Wildman–Crippen MR) is 96.1 cm³/mol. The molecule has 3 aromatic rings. The summed E-state index contributed by atoms with van der Waals surface area (Å²) in [4.78, 5) is 13.3. The van der Waals surface area contributed by atoms with Crippen molar-refractivity contribution in [2.45, 2.75) is 0 Å². The van der Waals surface area contributed by atoms with Crippen LogP contribution in [0.15, 0.2) is 54.6 Å². The molecule has 1 amide bonds. The Morgan fingerprint density at radius 1 is 1.08 bits per heavy atom. The van der Waals surface area contributed by atoms with Gasteiger partial charge in [0.05, 0.1) is 11.4 Å². The van der Waals surface area contributed by atoms with E-state index in [0.29, 0.717) is 22.9 Å². The van der Waals surface area contributed by atoms with Gasteiger partial charge in [0, 0.05) is 18.3 Å². The van der Waals surface area contributed by atoms with Crippen LogP contribution < -0.4 is 15.0 Å². The number of nitrogens with zero attached hydrogens (tertiary/aromatic N) is 3. The van der Waals surface area contributed by atoms with Crippen molar-refractivity contribution in [2.75, 3.05) is 23.9 Å². The molecule has 0 radical (unpaired) electrons. The van der Waals surface area contributed by atoms with Gasteiger partial charge in [-0.15, -0.1) is 10.2 Å². The molecule has 1 aliphatic heterocycles. The molecule has 26 heavy (non-hydrogen) atoms. The van der Waals surface area contributed by atoms with Crippen molar-refractivity contribution >= 4 is 23.1 Å². The Kier molecular flexibility index (Phi) is 3.96. The minimum Gasteiger partial charge on any atom is -0.482 e. The number of aromatic nitrogens is 2. The molecule has 0 unspecified atom stereocenters. The van der Waals surface area contributed by atoms with E-state index in [1.54, 1.807) is 42.3 Å². The highest BCUT2D eigenvalue weighted by Crippen LogP contribution is 2.34. The van der Waals surface area contributed by atoms with Gasteiger partial charge < -0.3 is 15.0 Å². The van der Waals surface area contributed by atoms with E-state index >= 15 is 0 Å². The average Bonchev–Trinajstić information content (AvgIpc) is 2.66. The Balaban J connectivity index is 1.54. The lowest BCUT2D eigenvalue weighted by Gasteiger charge is -2.26. The van der Waals surface area contributed by atoms with Crippen LogP contribution in [-0.4, -0.2) is 29.8 Å². The van der Waals surface area contributed by atoms with Gasteiger partial charge in [0.1, 0.15) is 11.6 Å². The molecule has 1 aromatic heterocycles. The summed E-state index contributed by atoms with van der Waals surface area (Å²) in [5.74, 6) is 0.829. The van der Waals surface area contributed by atoms with Gasteiger partial charge in [-0.25, -0.2) is 4.39 Å². The van der Waals surface area contributed by atoms with Crippen molar-refractivity contribution in [3.63, 3.8) is 0 Å². The zero-order valence-corrected chi connectivity index (χ0v) is 13.9. The third-order valence-corrected chi connectivity index (χ3v) is 4.12. The quantitative estimate of drug-likeness (QED) is 0.784. The summed E-state index contributed by atoms with van der Waals surface area (Å²) in [5, 5.41) is 11.5. The molecule has 7 heteroatoms. The lowest BCUT2D eigenvalue weighted by molar-refractivity contribution is -0.120. The first-order chi connectivity index (χ1) is 12.6. The van der Waals surface area contributed by atoms with Crippen LogP contribution in [0.3, 0.4) is 0 Å². The summed E-state index contributed by atoms with van der Waals surface area (Å²) in [6, 6.07) is 15.1. The highest BCUT2D eigenvalue weighted by atomic mass is 19.1. The molecule has 0 spiro atoms. The van der Waals surface area contributed by atoms with Crippen LogP contribution in [0.5, 0.6) is 5.75 Å². The monoisotopic (exact) mass is 350 g/mol. The Bertz CT molecular complexity index is 958. The van der Waals surface area contributed by atoms with Crippen LogP contribution >= 0.6 is 0 Å². The van der Waals surface area contributed by atoms with Gasteiger partial charge in [-0.2, -0.15) is 0 Å². The van der Waals surface area contributed by atoms with Crippen molar-refractivity contribution < 1.29 is 13.9 Å². The average molecular weight is 350 g/mol. The minimum atomic E-state index is -0.292. The molecule has 130 valence electrons. The topological polar surface area (TPSA) is 67.3 Å². The van der Waals surface area contributed by atoms with Crippen LogP contribution in [0, 0.1) is 5.82 Å². The molecular formula is C19H15FN4O2. The van der Waals surface area contributed by atoms with E-state index < -0.39 is 0 Å². The number of carbonyl (C=O) groups is 1. The van der Waals surface area contributed by atoms with E-state index in [4.69, 9.17) is 4.74 Å². The highest BCUT2D eigenvalue weighted by molar-refractivity contribution is 5.98. The van der Waals surface area contributed by atoms with E-state index in [-0.39, 0.29) is 18.3 Å². The van der Waals surface area contributed by atoms with E-state index in [2.05, 4.69) is 15.5 Å². The first-order valence-corrected chi connectivity index (χ1v) is 8.00. The molecular weight excluding hydrogens is 335 g/mol. The number of nitrogens with one attached hydrogen (secondary N) is 1. The van der Waals surface area contributed by atoms with Crippen LogP contribution in [-0.2, 0) is 4.79 Å². The second-order valence-electron chi connectivity index (χ2n) is 5.86. The standard InChI is InChI=1S/C19H15FN4O2/c1-24-16-10-14(6-8-17(16)26-11-19(24)25)21-18-9-7-15(22-23-18)12-2-4-13(20)5-3-12/h2-10H,11H2,1H3,(H,21,23). The lowest BCUT2D eigenvalue weighted by Crippen LogP contribution is -2.35. The smallest absolute Gasteiger partial charge is 0.264 e. The van der Waals surface area contributed by atoms with Crippen LogP contribution in [0.1, 0.15) is 0 Å². The second kappa shape index (κ2) is 6.44. The van der Waals surface area contributed by atoms with Gasteiger partial charge in [-0.3, -0.25) is 4.79 Å². The molecule has 0 bridgehead atoms. The minimum absolute atomic E-state index is 0.0482. The summed E-state index contributed by atoms with van der Waals surface area (Å²) in [6.07, 6.45) is 0. The van der Waals surface area contributed by atoms with E-state index in [1.165, 1.54) is 12.1 Å². The fraction of sp³-hybridized carbons (Fsp3) is 0.105. The zero-order chi connectivity index (χ0) is 18.1. The number of halogens is 1. The normalized spacial score (nSPS) is 13.2. The zero-order valence-electron chi connectivity index (χ0n) is 13.9. The van der Waals surface area contributed by atoms with Crippen LogP contribution in [0.2, 0.25) is 0 Å². The van der Waals surface area contributed by atoms with Gasteiger partial charge in [0.15, 0.2) is 12.4 Å². The van der Waals surface area contributed by atoms with Crippen molar-refractivity contribution in [3.05, 3.63) is 60.4 Å². The summed E-state index contributed by atoms with van der Waals surface area (Å²) in [5.41, 5.74) is 2.90. The number of fused-ring (bicyclic) bond motifs is 1. The van der Waals surface area contributed by atoms with Gasteiger partial charge >= 0.3 is 0 Å². The van der Waals surface area contributed by atoms with Crippen molar-refractivity contribution in [3.8, 4) is 17.0 Å². The molecule has 0 atom stereocenters. The number of amides is 1. The number of hydrogen-bond donors (Lipinski definition) is 1. The SMILES string of the molecule is CN1C(=O)COc2ccc(Nc3ccc(-c4ccc(F)cc4)nn3)cc21. The fourth-order valence-electron chi connectivity index (χ4n) is 2.67. The molecule has 0 saturated heterocycles. The predicted octanol–water partition coefficient (Wildman–Crippen LogP) is 3.38. The molecule has 1 N–H and O–H groups in total. The maximum atomic E-state index is 13.0. The number of benzene rings is 2. The lowest BCUT2D eigenvalue weighted by atomic mass is 10.1. The third kappa shape index (κ3) is 3.06. The molecule has 2 aromatic carbocycles. The summed E-state index contributed by atoms with van der Waals surface area (Å²) in [6.45, 7) is 0.0482. The largest absolute Gasteiger partial charge is 0.482 e. The second-order valence-corrected chi connectivity index (χ2v) is 5.86. The number of ether oxygens (including phenoxy) is 1. The molecule has 0 saturated carbocycles. The number of carbonyl (C=O) groups excluding carboxylic acids is 1. The van der Waals surface area contributed by atoms with Gasteiger partial charge in [-0.1, -0.05) is 0 Å². The molecule has 0 aliphatic carbocycles. The Hall–Kier alpha value is -3.48. The number of likely N-dealkylation sites (N-methyl/N-ethyl adjacent to an activating group) is 1. The molecule has 4 rings (SSSR count). The summed E-state index contributed by atoms with van der Waals surface area (Å²) >= 11 is 0. The van der Waals surface area contributed by atoms with Gasteiger partial charge in [-0.05, 0) is 54.6 Å². The number of rotatable bonds is 3. The Morgan fingerprint density at radius 2 is 1.88 bits per heavy atom. The van der Waals surface area contributed by atoms with E-state index in [9.17, 15) is 9.18 Å². The van der Waals surface area contributed by atoms with Gasteiger partial charge in [0.25, 0.3) is 5.91 Å². The first kappa shape index (κ1) is 16.0. The summed E-state index contributed by atoms with van der Waals surface area (Å²) in [7, 11) is 1.71. The van der Waals surface area contributed by atoms with Crippen molar-refractivity contribution in [2.24, 2.45) is 0 Å². The van der Waals surface area contributed by atoms with Gasteiger partial charge in [0.2, 0.25) is 0 Å². The first-order valence-electron chi connectivity index (χ1n) is 8.00. The molecule has 1 aliphatic rings. The molecule has 2 heterocycles. The van der Waals surface area contributed by atoms with E-state index in [0.717, 1.165) is 11.3 Å². The molecule has 6 nitrogen and oxygen atoms in total. The summed E-state index contributed by atoms with van der Waals surface area (Å²) < 4.78 is 18.4. The Labute approximate surface area is 149 Å². The van der Waals surface area contributed by atoms with Crippen molar-refractivity contribution in [1.82, 2.24) is 10.2 Å². The fourth-order valence-corrected chi connectivity index (χ4v) is 2.67. The number of hydrogen-bond acceptors (Lipinski definition) is 5. The van der Waals surface area contributed by atoms with E-state index in [1.807, 2.05) is 12.1 Å².